The van der Waals surface area contributed by atoms with Crippen LogP contribution in [0.15, 0.2) is 79.0 Å². The molecule has 0 amide bonds. The van der Waals surface area contributed by atoms with E-state index in [0.29, 0.717) is 0 Å². The molecule has 3 aromatic carbocycles. The molecule has 0 unspecified atom stereocenters. The molecule has 3 heterocycles. The van der Waals surface area contributed by atoms with Crippen LogP contribution in [0.2, 0.25) is 0 Å². The summed E-state index contributed by atoms with van der Waals surface area (Å²) in [6.07, 6.45) is 1.88. The Kier molecular flexibility index (Phi) is 3.30. The molecule has 138 valence electrons. The standard InChI is InChI=1S/C26H19N3/c1-16-8-5-9-17(2)23(16)18-10-6-14-22-24(18)25-19(11-7-15-27-25)26-28-20-12-3-4-13-21(20)29(22)26/h3-15H,1-2H3. The van der Waals surface area contributed by atoms with Gasteiger partial charge in [-0.3, -0.25) is 9.38 Å². The molecular weight excluding hydrogens is 354 g/mol. The van der Waals surface area contributed by atoms with Crippen LogP contribution >= 0.6 is 0 Å². The van der Waals surface area contributed by atoms with Crippen LogP contribution in [-0.4, -0.2) is 14.4 Å². The van der Waals surface area contributed by atoms with Gasteiger partial charge in [0.15, 0.2) is 0 Å². The van der Waals surface area contributed by atoms with Gasteiger partial charge < -0.3 is 0 Å². The van der Waals surface area contributed by atoms with Crippen LogP contribution in [0.5, 0.6) is 0 Å². The third-order valence-corrected chi connectivity index (χ3v) is 5.88. The number of rotatable bonds is 1. The maximum Gasteiger partial charge on any atom is 0.147 e. The van der Waals surface area contributed by atoms with Crippen LogP contribution in [0.1, 0.15) is 11.1 Å². The summed E-state index contributed by atoms with van der Waals surface area (Å²) >= 11 is 0. The Morgan fingerprint density at radius 1 is 0.724 bits per heavy atom. The zero-order chi connectivity index (χ0) is 19.5. The largest absolute Gasteiger partial charge is 0.292 e. The van der Waals surface area contributed by atoms with Crippen molar-refractivity contribution in [2.24, 2.45) is 0 Å². The smallest absolute Gasteiger partial charge is 0.147 e. The number of aromatic nitrogens is 3. The van der Waals surface area contributed by atoms with Crippen LogP contribution in [0.3, 0.4) is 0 Å². The summed E-state index contributed by atoms with van der Waals surface area (Å²) in [6.45, 7) is 4.36. The van der Waals surface area contributed by atoms with Gasteiger partial charge in [0.2, 0.25) is 0 Å². The number of benzene rings is 3. The van der Waals surface area contributed by atoms with Gasteiger partial charge in [-0.15, -0.1) is 0 Å². The Balaban J connectivity index is 1.94. The molecule has 0 saturated heterocycles. The van der Waals surface area contributed by atoms with Gasteiger partial charge in [0.1, 0.15) is 5.65 Å². The summed E-state index contributed by atoms with van der Waals surface area (Å²) in [5, 5.41) is 2.26. The predicted octanol–water partition coefficient (Wildman–Crippen LogP) is 6.47. The SMILES string of the molecule is Cc1cccc(C)c1-c1cccc2c1c1ncccc1c1nc3ccccc3n21. The molecule has 0 aliphatic carbocycles. The topological polar surface area (TPSA) is 30.2 Å². The van der Waals surface area contributed by atoms with Crippen molar-refractivity contribution in [1.29, 1.82) is 0 Å². The van der Waals surface area contributed by atoms with E-state index >= 15 is 0 Å². The summed E-state index contributed by atoms with van der Waals surface area (Å²) in [5.74, 6) is 0. The number of aryl methyl sites for hydroxylation is 2. The van der Waals surface area contributed by atoms with E-state index in [2.05, 4.69) is 78.9 Å². The van der Waals surface area contributed by atoms with E-state index in [9.17, 15) is 0 Å². The Hall–Kier alpha value is -3.72. The highest BCUT2D eigenvalue weighted by Gasteiger charge is 2.18. The van der Waals surface area contributed by atoms with Gasteiger partial charge in [-0.1, -0.05) is 42.5 Å². The van der Waals surface area contributed by atoms with Gasteiger partial charge >= 0.3 is 0 Å². The first-order chi connectivity index (χ1) is 14.2. The van der Waals surface area contributed by atoms with Crippen LogP contribution in [0.25, 0.3) is 49.6 Å². The van der Waals surface area contributed by atoms with Gasteiger partial charge in [-0.25, -0.2) is 4.98 Å². The molecule has 0 aliphatic heterocycles. The second-order valence-corrected chi connectivity index (χ2v) is 7.63. The normalized spacial score (nSPS) is 11.8. The van der Waals surface area contributed by atoms with Gasteiger partial charge in [-0.05, 0) is 66.4 Å². The quantitative estimate of drug-likeness (QED) is 0.309. The number of nitrogens with zero attached hydrogens (tertiary/aromatic N) is 3. The molecule has 6 rings (SSSR count). The summed E-state index contributed by atoms with van der Waals surface area (Å²) in [5.41, 5.74) is 10.3. The lowest BCUT2D eigenvalue weighted by atomic mass is 9.92. The highest BCUT2D eigenvalue weighted by molar-refractivity contribution is 6.17. The molecule has 0 aliphatic rings. The van der Waals surface area contributed by atoms with Crippen molar-refractivity contribution < 1.29 is 0 Å². The highest BCUT2D eigenvalue weighted by atomic mass is 15.0. The molecule has 3 aromatic heterocycles. The number of hydrogen-bond acceptors (Lipinski definition) is 2. The minimum absolute atomic E-state index is 0.959. The lowest BCUT2D eigenvalue weighted by molar-refractivity contribution is 1.30. The Morgan fingerprint density at radius 3 is 2.34 bits per heavy atom. The minimum Gasteiger partial charge on any atom is -0.292 e. The van der Waals surface area contributed by atoms with Crippen molar-refractivity contribution in [3.8, 4) is 11.1 Å². The number of hydrogen-bond donors (Lipinski definition) is 0. The maximum atomic E-state index is 4.95. The average Bonchev–Trinajstić information content (AvgIpc) is 3.14. The van der Waals surface area contributed by atoms with Crippen molar-refractivity contribution in [2.75, 3.05) is 0 Å². The molecule has 3 nitrogen and oxygen atoms in total. The molecule has 0 saturated carbocycles. The second kappa shape index (κ2) is 5.89. The van der Waals surface area contributed by atoms with E-state index in [1.54, 1.807) is 0 Å². The lowest BCUT2D eigenvalue weighted by Gasteiger charge is -2.15. The van der Waals surface area contributed by atoms with Crippen LogP contribution in [0, 0.1) is 13.8 Å². The molecule has 29 heavy (non-hydrogen) atoms. The van der Waals surface area contributed by atoms with Gasteiger partial charge in [0, 0.05) is 17.0 Å². The van der Waals surface area contributed by atoms with E-state index in [-0.39, 0.29) is 0 Å². The maximum absolute atomic E-state index is 4.95. The van der Waals surface area contributed by atoms with Crippen LogP contribution in [0.4, 0.5) is 0 Å². The van der Waals surface area contributed by atoms with Gasteiger partial charge in [0.05, 0.1) is 22.1 Å². The van der Waals surface area contributed by atoms with Gasteiger partial charge in [-0.2, -0.15) is 0 Å². The van der Waals surface area contributed by atoms with E-state index < -0.39 is 0 Å². The molecule has 0 atom stereocenters. The fourth-order valence-electron chi connectivity index (χ4n) is 4.66. The number of pyridine rings is 2. The van der Waals surface area contributed by atoms with E-state index in [0.717, 1.165) is 33.1 Å². The van der Waals surface area contributed by atoms with E-state index in [1.165, 1.54) is 27.6 Å². The molecule has 0 spiro atoms. The molecule has 3 heteroatoms. The van der Waals surface area contributed by atoms with E-state index in [1.807, 2.05) is 18.3 Å². The molecule has 0 radical (unpaired) electrons. The zero-order valence-corrected chi connectivity index (χ0v) is 16.3. The summed E-state index contributed by atoms with van der Waals surface area (Å²) in [4.78, 5) is 9.78. The van der Waals surface area contributed by atoms with Crippen LogP contribution in [-0.2, 0) is 0 Å². The van der Waals surface area contributed by atoms with Crippen molar-refractivity contribution in [3.63, 3.8) is 0 Å². The first kappa shape index (κ1) is 16.3. The average molecular weight is 373 g/mol. The molecule has 6 aromatic rings. The minimum atomic E-state index is 0.959. The fourth-order valence-corrected chi connectivity index (χ4v) is 4.66. The Morgan fingerprint density at radius 2 is 1.48 bits per heavy atom. The van der Waals surface area contributed by atoms with Gasteiger partial charge in [0.25, 0.3) is 0 Å². The van der Waals surface area contributed by atoms with Crippen LogP contribution < -0.4 is 0 Å². The number of fused-ring (bicyclic) bond motifs is 8. The fraction of sp³-hybridized carbons (Fsp3) is 0.0769. The molecular formula is C26H19N3. The first-order valence-corrected chi connectivity index (χ1v) is 9.87. The lowest BCUT2D eigenvalue weighted by Crippen LogP contribution is -1.96. The summed E-state index contributed by atoms with van der Waals surface area (Å²) in [6, 6.07) is 25.5. The number of para-hydroxylation sites is 2. The zero-order valence-electron chi connectivity index (χ0n) is 16.3. The molecule has 0 fully saturated rings. The summed E-state index contributed by atoms with van der Waals surface area (Å²) in [7, 11) is 0. The predicted molar refractivity (Wildman–Crippen MR) is 120 cm³/mol. The molecule has 0 N–H and O–H groups in total. The second-order valence-electron chi connectivity index (χ2n) is 7.63. The Bertz CT molecular complexity index is 1550. The van der Waals surface area contributed by atoms with E-state index in [4.69, 9.17) is 9.97 Å². The van der Waals surface area contributed by atoms with Crippen molar-refractivity contribution in [3.05, 3.63) is 90.1 Å². The highest BCUT2D eigenvalue weighted by Crippen LogP contribution is 2.38. The van der Waals surface area contributed by atoms with Crippen molar-refractivity contribution in [1.82, 2.24) is 14.4 Å². The Labute approximate surface area is 168 Å². The third-order valence-electron chi connectivity index (χ3n) is 5.88. The number of imidazole rings is 1. The third kappa shape index (κ3) is 2.18. The monoisotopic (exact) mass is 373 g/mol. The van der Waals surface area contributed by atoms with Crippen molar-refractivity contribution >= 4 is 38.5 Å². The first-order valence-electron chi connectivity index (χ1n) is 9.87. The molecule has 0 bridgehead atoms. The van der Waals surface area contributed by atoms with Crippen molar-refractivity contribution in [2.45, 2.75) is 13.8 Å². The summed E-state index contributed by atoms with van der Waals surface area (Å²) < 4.78 is 2.28.